The highest BCUT2D eigenvalue weighted by Crippen LogP contribution is 2.36. The van der Waals surface area contributed by atoms with Crippen LogP contribution in [0.25, 0.3) is 11.1 Å². The zero-order chi connectivity index (χ0) is 14.7. The van der Waals surface area contributed by atoms with Gasteiger partial charge in [-0.25, -0.2) is 0 Å². The van der Waals surface area contributed by atoms with E-state index in [2.05, 4.69) is 65.7 Å². The second-order valence-corrected chi connectivity index (χ2v) is 6.81. The van der Waals surface area contributed by atoms with Crippen molar-refractivity contribution < 1.29 is 0 Å². The third kappa shape index (κ3) is 3.46. The first-order chi connectivity index (χ1) is 10.3. The van der Waals surface area contributed by atoms with Crippen LogP contribution in [-0.2, 0) is 6.04 Å². The Kier molecular flexibility index (Phi) is 4.59. The number of hydrogen-bond acceptors (Lipinski definition) is 0. The Morgan fingerprint density at radius 3 is 1.86 bits per heavy atom. The third-order valence-corrected chi connectivity index (χ3v) is 5.30. The molecule has 1 aliphatic carbocycles. The number of rotatable bonds is 3. The molecule has 0 saturated heterocycles. The monoisotopic (exact) mass is 291 g/mol. The van der Waals surface area contributed by atoms with Gasteiger partial charge in [0.15, 0.2) is 0 Å². The van der Waals surface area contributed by atoms with Crippen molar-refractivity contribution in [3.63, 3.8) is 0 Å². The fraction of sp³-hybridized carbons (Fsp3) is 0.400. The van der Waals surface area contributed by atoms with E-state index in [9.17, 15) is 0 Å². The van der Waals surface area contributed by atoms with Crippen molar-refractivity contribution in [2.45, 2.75) is 44.6 Å². The smallest absolute Gasteiger partial charge is 0.0283 e. The van der Waals surface area contributed by atoms with Crippen molar-refractivity contribution >= 4 is 10.2 Å². The molecule has 0 nitrogen and oxygen atoms in total. The summed E-state index contributed by atoms with van der Waals surface area (Å²) in [6.07, 6.45) is 5.50. The summed E-state index contributed by atoms with van der Waals surface area (Å²) in [6, 6.07) is 19.0. The summed E-state index contributed by atoms with van der Waals surface area (Å²) in [7, 11) is 3.54. The van der Waals surface area contributed by atoms with Gasteiger partial charge >= 0.3 is 0 Å². The first-order valence-corrected chi connectivity index (χ1v) is 8.81. The Morgan fingerprint density at radius 2 is 1.33 bits per heavy atom. The summed E-state index contributed by atoms with van der Waals surface area (Å²) in [6.45, 7) is 2.38. The first-order valence-electron chi connectivity index (χ1n) is 8.10. The van der Waals surface area contributed by atoms with E-state index in [1.807, 2.05) is 0 Å². The lowest BCUT2D eigenvalue weighted by Gasteiger charge is -2.26. The molecule has 0 aromatic heterocycles. The fourth-order valence-corrected chi connectivity index (χ4v) is 3.59. The van der Waals surface area contributed by atoms with E-state index in [0.29, 0.717) is 0 Å². The Morgan fingerprint density at radius 1 is 0.810 bits per heavy atom. The second kappa shape index (κ2) is 6.61. The van der Waals surface area contributed by atoms with E-state index in [4.69, 9.17) is 0 Å². The number of hydrogen-bond donors (Lipinski definition) is 0. The van der Waals surface area contributed by atoms with Crippen LogP contribution in [-0.4, -0.2) is 10.2 Å². The second-order valence-electron chi connectivity index (χ2n) is 6.45. The van der Waals surface area contributed by atoms with Gasteiger partial charge in [-0.3, -0.25) is 0 Å². The summed E-state index contributed by atoms with van der Waals surface area (Å²) >= 11 is 0. The zero-order valence-corrected chi connectivity index (χ0v) is 13.8. The van der Waals surface area contributed by atoms with Crippen LogP contribution in [0.4, 0.5) is 0 Å². The van der Waals surface area contributed by atoms with Gasteiger partial charge in [-0.2, -0.15) is 0 Å². The summed E-state index contributed by atoms with van der Waals surface area (Å²) in [5, 5.41) is 0. The molecule has 107 valence electrons. The van der Waals surface area contributed by atoms with Crippen molar-refractivity contribution in [2.24, 2.45) is 5.92 Å². The lowest BCUT2D eigenvalue weighted by molar-refractivity contribution is 0.348. The molecule has 2 aromatic rings. The van der Waals surface area contributed by atoms with Gasteiger partial charge in [-0.15, -0.1) is 0 Å². The van der Waals surface area contributed by atoms with Crippen LogP contribution in [0.15, 0.2) is 48.5 Å². The zero-order valence-electron chi connectivity index (χ0n) is 12.8. The van der Waals surface area contributed by atoms with Crippen molar-refractivity contribution in [1.29, 1.82) is 0 Å². The predicted molar refractivity (Wildman–Crippen MR) is 91.7 cm³/mol. The van der Waals surface area contributed by atoms with Crippen LogP contribution in [0.2, 0.25) is 0 Å². The molecule has 3 radical (unpaired) electrons. The molecule has 0 amide bonds. The van der Waals surface area contributed by atoms with Gasteiger partial charge in [-0.1, -0.05) is 73.9 Å². The minimum absolute atomic E-state index is 0.783. The van der Waals surface area contributed by atoms with Gasteiger partial charge in [-0.05, 0) is 47.4 Å². The highest BCUT2D eigenvalue weighted by atomic mass is 28.1. The first kappa shape index (κ1) is 14.6. The average Bonchev–Trinajstić information content (AvgIpc) is 2.56. The van der Waals surface area contributed by atoms with Crippen molar-refractivity contribution in [1.82, 2.24) is 0 Å². The topological polar surface area (TPSA) is 0 Å². The molecule has 0 aliphatic heterocycles. The predicted octanol–water partition coefficient (Wildman–Crippen LogP) is 5.32. The number of benzene rings is 2. The molecule has 0 bridgehead atoms. The maximum Gasteiger partial charge on any atom is 0.0283 e. The molecule has 3 rings (SSSR count). The van der Waals surface area contributed by atoms with Gasteiger partial charge in [0, 0.05) is 10.2 Å². The largest absolute Gasteiger partial charge is 0.0625 e. The molecule has 21 heavy (non-hydrogen) atoms. The lowest BCUT2D eigenvalue weighted by atomic mass is 9.79. The fourth-order valence-electron chi connectivity index (χ4n) is 3.36. The van der Waals surface area contributed by atoms with Gasteiger partial charge < -0.3 is 0 Å². The average molecular weight is 291 g/mol. The molecule has 1 heteroatoms. The molecule has 1 aliphatic rings. The van der Waals surface area contributed by atoms with Crippen LogP contribution >= 0.6 is 0 Å². The molecule has 1 fully saturated rings. The summed E-state index contributed by atoms with van der Waals surface area (Å²) < 4.78 is 0. The quantitative estimate of drug-likeness (QED) is 0.672. The summed E-state index contributed by atoms with van der Waals surface area (Å²) in [4.78, 5) is 0. The van der Waals surface area contributed by atoms with Gasteiger partial charge in [0.1, 0.15) is 0 Å². The summed E-state index contributed by atoms with van der Waals surface area (Å²) in [5.41, 5.74) is 5.48. The molecule has 2 aromatic carbocycles. The van der Waals surface area contributed by atoms with E-state index in [1.165, 1.54) is 47.9 Å². The Hall–Kier alpha value is -1.34. The van der Waals surface area contributed by atoms with Gasteiger partial charge in [0.2, 0.25) is 0 Å². The van der Waals surface area contributed by atoms with Gasteiger partial charge in [0.25, 0.3) is 0 Å². The minimum Gasteiger partial charge on any atom is -0.0625 e. The standard InChI is InChI=1S/C20H23Si/c1-15-2-6-17(7-3-15)19-10-12-20(13-11-19)18-8-4-16(14-21)5-9-18/h4-5,8-13,15,17H,2-3,6-7,14H2,1H3. The molecule has 0 heterocycles. The lowest BCUT2D eigenvalue weighted by Crippen LogP contribution is -2.10. The van der Waals surface area contributed by atoms with E-state index in [0.717, 1.165) is 17.9 Å². The SMILES string of the molecule is CC1CCC(c2ccc(-c3ccc(C[Si])cc3)cc2)CC1. The molecular formula is C20H23Si. The van der Waals surface area contributed by atoms with Crippen LogP contribution in [0.3, 0.4) is 0 Å². The molecule has 0 atom stereocenters. The van der Waals surface area contributed by atoms with Crippen LogP contribution in [0.1, 0.15) is 49.7 Å². The van der Waals surface area contributed by atoms with E-state index >= 15 is 0 Å². The third-order valence-electron chi connectivity index (χ3n) is 4.89. The highest BCUT2D eigenvalue weighted by Gasteiger charge is 2.19. The Bertz CT molecular complexity index is 560. The van der Waals surface area contributed by atoms with Crippen LogP contribution < -0.4 is 0 Å². The Balaban J connectivity index is 1.74. The maximum absolute atomic E-state index is 3.54. The molecule has 1 saturated carbocycles. The molecular weight excluding hydrogens is 268 g/mol. The van der Waals surface area contributed by atoms with E-state index in [-0.39, 0.29) is 0 Å². The summed E-state index contributed by atoms with van der Waals surface area (Å²) in [5.74, 6) is 1.71. The van der Waals surface area contributed by atoms with Crippen molar-refractivity contribution in [3.05, 3.63) is 59.7 Å². The molecule has 0 spiro atoms. The van der Waals surface area contributed by atoms with E-state index < -0.39 is 0 Å². The van der Waals surface area contributed by atoms with Gasteiger partial charge in [0.05, 0.1) is 0 Å². The normalized spacial score (nSPS) is 22.2. The van der Waals surface area contributed by atoms with Crippen LogP contribution in [0, 0.1) is 5.92 Å². The van der Waals surface area contributed by atoms with Crippen LogP contribution in [0.5, 0.6) is 0 Å². The Labute approximate surface area is 132 Å². The maximum atomic E-state index is 3.54. The van der Waals surface area contributed by atoms with Crippen molar-refractivity contribution in [2.75, 3.05) is 0 Å². The van der Waals surface area contributed by atoms with Crippen molar-refractivity contribution in [3.8, 4) is 11.1 Å². The van der Waals surface area contributed by atoms with E-state index in [1.54, 1.807) is 0 Å². The molecule has 0 unspecified atom stereocenters. The molecule has 0 N–H and O–H groups in total. The minimum atomic E-state index is 0.783. The highest BCUT2D eigenvalue weighted by molar-refractivity contribution is 6.08.